The van der Waals surface area contributed by atoms with Crippen LogP contribution in [0.15, 0.2) is 30.5 Å². The SMILES string of the molecule is Cc1c(C(=O)OCC(=O)Nc2ccnn2C2CCCC2)cccc1[N+](=O)[O-]. The maximum Gasteiger partial charge on any atom is 0.339 e. The first-order chi connectivity index (χ1) is 13.0. The number of nitro groups is 1. The largest absolute Gasteiger partial charge is 0.452 e. The lowest BCUT2D eigenvalue weighted by Gasteiger charge is -2.14. The van der Waals surface area contributed by atoms with Crippen LogP contribution in [0.3, 0.4) is 0 Å². The Morgan fingerprint density at radius 1 is 1.33 bits per heavy atom. The number of rotatable bonds is 6. The molecule has 0 unspecified atom stereocenters. The van der Waals surface area contributed by atoms with Crippen LogP contribution in [0.25, 0.3) is 0 Å². The molecular weight excluding hydrogens is 352 g/mol. The fraction of sp³-hybridized carbons (Fsp3) is 0.389. The van der Waals surface area contributed by atoms with E-state index in [9.17, 15) is 19.7 Å². The number of hydrogen-bond acceptors (Lipinski definition) is 6. The molecule has 0 bridgehead atoms. The number of aromatic nitrogens is 2. The van der Waals surface area contributed by atoms with Crippen molar-refractivity contribution in [3.8, 4) is 0 Å². The van der Waals surface area contributed by atoms with Crippen molar-refractivity contribution in [1.29, 1.82) is 0 Å². The number of amides is 1. The molecule has 0 atom stereocenters. The van der Waals surface area contributed by atoms with Gasteiger partial charge >= 0.3 is 5.97 Å². The average molecular weight is 372 g/mol. The molecule has 1 aliphatic carbocycles. The fourth-order valence-electron chi connectivity index (χ4n) is 3.28. The number of carbonyl (C=O) groups is 2. The first kappa shape index (κ1) is 18.6. The highest BCUT2D eigenvalue weighted by atomic mass is 16.6. The second-order valence-corrected chi connectivity index (χ2v) is 6.43. The molecule has 0 aliphatic heterocycles. The zero-order chi connectivity index (χ0) is 19.4. The van der Waals surface area contributed by atoms with Crippen LogP contribution in [0, 0.1) is 17.0 Å². The van der Waals surface area contributed by atoms with Gasteiger partial charge in [0.05, 0.1) is 22.7 Å². The maximum absolute atomic E-state index is 12.2. The Kier molecular flexibility index (Phi) is 5.49. The Hall–Kier alpha value is -3.23. The standard InChI is InChI=1S/C18H20N4O5/c1-12-14(7-4-8-15(12)22(25)26)18(24)27-11-17(23)20-16-9-10-19-21(16)13-5-2-3-6-13/h4,7-10,13H,2-3,5-6,11H2,1H3,(H,20,23). The second kappa shape index (κ2) is 7.98. The summed E-state index contributed by atoms with van der Waals surface area (Å²) in [5.41, 5.74) is 0.0922. The molecule has 0 radical (unpaired) electrons. The highest BCUT2D eigenvalue weighted by Gasteiger charge is 2.22. The summed E-state index contributed by atoms with van der Waals surface area (Å²) in [6.45, 7) is 0.978. The smallest absolute Gasteiger partial charge is 0.339 e. The summed E-state index contributed by atoms with van der Waals surface area (Å²) in [5.74, 6) is -0.712. The number of ether oxygens (including phenoxy) is 1. The average Bonchev–Trinajstić information content (AvgIpc) is 3.31. The van der Waals surface area contributed by atoms with E-state index in [-0.39, 0.29) is 22.9 Å². The van der Waals surface area contributed by atoms with Crippen LogP contribution >= 0.6 is 0 Å². The first-order valence-electron chi connectivity index (χ1n) is 8.72. The van der Waals surface area contributed by atoms with Gasteiger partial charge in [0.15, 0.2) is 6.61 Å². The summed E-state index contributed by atoms with van der Waals surface area (Å²) in [5, 5.41) is 17.9. The molecule has 1 heterocycles. The Bertz CT molecular complexity index is 870. The van der Waals surface area contributed by atoms with Crippen molar-refractivity contribution in [3.63, 3.8) is 0 Å². The summed E-state index contributed by atoms with van der Waals surface area (Å²) in [4.78, 5) is 34.7. The number of anilines is 1. The molecule has 1 aromatic heterocycles. The van der Waals surface area contributed by atoms with Crippen molar-refractivity contribution < 1.29 is 19.2 Å². The van der Waals surface area contributed by atoms with E-state index in [1.807, 2.05) is 0 Å². The van der Waals surface area contributed by atoms with Crippen LogP contribution in [0.4, 0.5) is 11.5 Å². The van der Waals surface area contributed by atoms with E-state index in [2.05, 4.69) is 10.4 Å². The molecule has 1 amide bonds. The lowest BCUT2D eigenvalue weighted by atomic mass is 10.1. The maximum atomic E-state index is 12.2. The molecule has 0 spiro atoms. The third-order valence-corrected chi connectivity index (χ3v) is 4.66. The van der Waals surface area contributed by atoms with E-state index in [1.54, 1.807) is 16.9 Å². The van der Waals surface area contributed by atoms with Crippen molar-refractivity contribution in [1.82, 2.24) is 9.78 Å². The number of nitrogens with zero attached hydrogens (tertiary/aromatic N) is 3. The van der Waals surface area contributed by atoms with Crippen LogP contribution in [0.1, 0.15) is 47.6 Å². The number of nitrogens with one attached hydrogen (secondary N) is 1. The minimum absolute atomic E-state index is 0.0630. The first-order valence-corrected chi connectivity index (χ1v) is 8.72. The van der Waals surface area contributed by atoms with Gasteiger partial charge in [0.2, 0.25) is 0 Å². The van der Waals surface area contributed by atoms with Crippen LogP contribution in [0.5, 0.6) is 0 Å². The van der Waals surface area contributed by atoms with Crippen molar-refractivity contribution in [3.05, 3.63) is 51.7 Å². The van der Waals surface area contributed by atoms with E-state index >= 15 is 0 Å². The summed E-state index contributed by atoms with van der Waals surface area (Å²) in [6, 6.07) is 6.11. The van der Waals surface area contributed by atoms with E-state index in [4.69, 9.17) is 4.74 Å². The van der Waals surface area contributed by atoms with Crippen molar-refractivity contribution in [2.24, 2.45) is 0 Å². The van der Waals surface area contributed by atoms with Gasteiger partial charge in [-0.25, -0.2) is 9.48 Å². The lowest BCUT2D eigenvalue weighted by Crippen LogP contribution is -2.23. The van der Waals surface area contributed by atoms with Gasteiger partial charge in [-0.3, -0.25) is 14.9 Å². The molecule has 9 nitrogen and oxygen atoms in total. The van der Waals surface area contributed by atoms with Crippen molar-refractivity contribution in [2.45, 2.75) is 38.6 Å². The monoisotopic (exact) mass is 372 g/mol. The van der Waals surface area contributed by atoms with E-state index in [1.165, 1.54) is 25.1 Å². The van der Waals surface area contributed by atoms with Crippen molar-refractivity contribution in [2.75, 3.05) is 11.9 Å². The fourth-order valence-corrected chi connectivity index (χ4v) is 3.28. The molecule has 9 heteroatoms. The predicted octanol–water partition coefficient (Wildman–Crippen LogP) is 3.01. The van der Waals surface area contributed by atoms with Gasteiger partial charge in [0, 0.05) is 17.7 Å². The Labute approximate surface area is 155 Å². The highest BCUT2D eigenvalue weighted by Crippen LogP contribution is 2.31. The third-order valence-electron chi connectivity index (χ3n) is 4.66. The highest BCUT2D eigenvalue weighted by molar-refractivity contribution is 5.96. The molecule has 3 rings (SSSR count). The number of carbonyl (C=O) groups excluding carboxylic acids is 2. The zero-order valence-electron chi connectivity index (χ0n) is 14.9. The lowest BCUT2D eigenvalue weighted by molar-refractivity contribution is -0.385. The van der Waals surface area contributed by atoms with Gasteiger partial charge in [-0.05, 0) is 25.8 Å². The van der Waals surface area contributed by atoms with E-state index in [0.29, 0.717) is 5.82 Å². The molecule has 1 N–H and O–H groups in total. The molecule has 27 heavy (non-hydrogen) atoms. The molecule has 2 aromatic rings. The van der Waals surface area contributed by atoms with Crippen molar-refractivity contribution >= 4 is 23.4 Å². The molecule has 0 saturated heterocycles. The Morgan fingerprint density at radius 2 is 2.07 bits per heavy atom. The third kappa shape index (κ3) is 4.13. The van der Waals surface area contributed by atoms with Crippen LogP contribution in [-0.4, -0.2) is 33.2 Å². The molecular formula is C18H20N4O5. The summed E-state index contributed by atoms with van der Waals surface area (Å²) in [6.07, 6.45) is 5.93. The number of esters is 1. The molecule has 1 saturated carbocycles. The number of nitro benzene ring substituents is 1. The molecule has 1 fully saturated rings. The Balaban J connectivity index is 1.60. The number of hydrogen-bond donors (Lipinski definition) is 1. The second-order valence-electron chi connectivity index (χ2n) is 6.43. The summed E-state index contributed by atoms with van der Waals surface area (Å²) >= 11 is 0. The van der Waals surface area contributed by atoms with E-state index in [0.717, 1.165) is 25.7 Å². The molecule has 1 aromatic carbocycles. The normalized spacial score (nSPS) is 14.1. The van der Waals surface area contributed by atoms with Crippen LogP contribution in [-0.2, 0) is 9.53 Å². The summed E-state index contributed by atoms with van der Waals surface area (Å²) in [7, 11) is 0. The summed E-state index contributed by atoms with van der Waals surface area (Å²) < 4.78 is 6.81. The molecule has 142 valence electrons. The van der Waals surface area contributed by atoms with Gasteiger partial charge in [-0.2, -0.15) is 5.10 Å². The van der Waals surface area contributed by atoms with Gasteiger partial charge < -0.3 is 10.1 Å². The zero-order valence-corrected chi connectivity index (χ0v) is 14.9. The molecule has 1 aliphatic rings. The van der Waals surface area contributed by atoms with Gasteiger partial charge in [0.1, 0.15) is 5.82 Å². The predicted molar refractivity (Wildman–Crippen MR) is 96.5 cm³/mol. The minimum Gasteiger partial charge on any atom is -0.452 e. The topological polar surface area (TPSA) is 116 Å². The van der Waals surface area contributed by atoms with Crippen LogP contribution < -0.4 is 5.32 Å². The van der Waals surface area contributed by atoms with Gasteiger partial charge in [-0.15, -0.1) is 0 Å². The van der Waals surface area contributed by atoms with Gasteiger partial charge in [-0.1, -0.05) is 18.9 Å². The van der Waals surface area contributed by atoms with Crippen LogP contribution in [0.2, 0.25) is 0 Å². The quantitative estimate of drug-likeness (QED) is 0.473. The number of benzene rings is 1. The minimum atomic E-state index is -0.782. The van der Waals surface area contributed by atoms with Gasteiger partial charge in [0.25, 0.3) is 11.6 Å². The van der Waals surface area contributed by atoms with E-state index < -0.39 is 23.4 Å². The Morgan fingerprint density at radius 3 is 2.78 bits per heavy atom.